The van der Waals surface area contributed by atoms with Crippen molar-refractivity contribution in [2.45, 2.75) is 43.1 Å². The third kappa shape index (κ3) is 4.83. The number of hydrogen-bond donors (Lipinski definition) is 0. The number of rotatable bonds is 2. The molecule has 0 saturated heterocycles. The molecule has 1 saturated carbocycles. The van der Waals surface area contributed by atoms with Gasteiger partial charge in [0.25, 0.3) is 0 Å². The number of hydrogen-bond acceptors (Lipinski definition) is 2. The zero-order chi connectivity index (χ0) is 10.1. The molecule has 0 amide bonds. The molecular formula is C11H21O2SY. The van der Waals surface area contributed by atoms with Gasteiger partial charge in [-0.3, -0.25) is 0 Å². The summed E-state index contributed by atoms with van der Waals surface area (Å²) in [6.45, 7) is 9.19. The van der Waals surface area contributed by atoms with Crippen molar-refractivity contribution in [1.29, 1.82) is 0 Å². The molecule has 0 N–H and O–H groups in total. The van der Waals surface area contributed by atoms with Crippen LogP contribution in [0.1, 0.15) is 32.6 Å². The van der Waals surface area contributed by atoms with Gasteiger partial charge in [0.2, 0.25) is 0 Å². The Hall–Kier alpha value is 1.05. The standard InChI is InChI=1S/C10H18O2S.CH3.Y/c1-8(2)13(11,12)10-6-4-9(3)5-7-10;;/h8-10H,1-2,4-7H2,3H3;1H3;/q-2;-1;+3. The molecular weight excluding hydrogens is 285 g/mol. The molecule has 0 aromatic heterocycles. The van der Waals surface area contributed by atoms with E-state index in [-0.39, 0.29) is 45.4 Å². The first kappa shape index (κ1) is 18.4. The Kier molecular flexibility index (Phi) is 9.08. The van der Waals surface area contributed by atoms with Crippen LogP contribution in [-0.4, -0.2) is 18.9 Å². The van der Waals surface area contributed by atoms with E-state index in [1.165, 1.54) is 0 Å². The van der Waals surface area contributed by atoms with Gasteiger partial charge in [-0.15, -0.1) is 0 Å². The Balaban J connectivity index is 0. The van der Waals surface area contributed by atoms with E-state index in [9.17, 15) is 8.42 Å². The third-order valence-electron chi connectivity index (χ3n) is 2.89. The van der Waals surface area contributed by atoms with E-state index < -0.39 is 15.1 Å². The molecule has 4 heteroatoms. The third-order valence-corrected chi connectivity index (χ3v) is 5.22. The van der Waals surface area contributed by atoms with E-state index in [0.717, 1.165) is 25.7 Å². The molecule has 0 aromatic rings. The molecule has 1 rings (SSSR count). The van der Waals surface area contributed by atoms with Crippen molar-refractivity contribution in [3.63, 3.8) is 0 Å². The van der Waals surface area contributed by atoms with Gasteiger partial charge >= 0.3 is 32.7 Å². The van der Waals surface area contributed by atoms with Crippen LogP contribution in [0.2, 0.25) is 0 Å². The van der Waals surface area contributed by atoms with Gasteiger partial charge in [0, 0.05) is 0 Å². The van der Waals surface area contributed by atoms with Gasteiger partial charge in [-0.25, -0.2) is 8.42 Å². The molecule has 0 bridgehead atoms. The van der Waals surface area contributed by atoms with Crippen LogP contribution < -0.4 is 0 Å². The minimum absolute atomic E-state index is 0. The van der Waals surface area contributed by atoms with Gasteiger partial charge in [-0.05, 0) is 31.6 Å². The Labute approximate surface area is 120 Å². The second kappa shape index (κ2) is 7.39. The first-order chi connectivity index (χ1) is 5.94. The van der Waals surface area contributed by atoms with Crippen molar-refractivity contribution in [2.75, 3.05) is 0 Å². The molecule has 2 nitrogen and oxygen atoms in total. The number of sulfone groups is 1. The first-order valence-corrected chi connectivity index (χ1v) is 6.44. The van der Waals surface area contributed by atoms with E-state index in [4.69, 9.17) is 0 Å². The zero-order valence-corrected chi connectivity index (χ0v) is 13.4. The molecule has 0 atom stereocenters. The molecule has 0 radical (unpaired) electrons. The summed E-state index contributed by atoms with van der Waals surface area (Å²) in [5.41, 5.74) is 0. The van der Waals surface area contributed by atoms with E-state index in [1.807, 2.05) is 0 Å². The summed E-state index contributed by atoms with van der Waals surface area (Å²) in [4.78, 5) is 0. The molecule has 1 aliphatic carbocycles. The van der Waals surface area contributed by atoms with E-state index in [1.54, 1.807) is 0 Å². The molecule has 0 aliphatic heterocycles. The molecule has 0 unspecified atom stereocenters. The predicted octanol–water partition coefficient (Wildman–Crippen LogP) is 2.46. The maximum atomic E-state index is 11.7. The van der Waals surface area contributed by atoms with Crippen molar-refractivity contribution in [2.24, 2.45) is 5.92 Å². The topological polar surface area (TPSA) is 34.1 Å². The van der Waals surface area contributed by atoms with Gasteiger partial charge in [-0.2, -0.15) is 5.25 Å². The largest absolute Gasteiger partial charge is 3.00 e. The van der Waals surface area contributed by atoms with Crippen LogP contribution in [0, 0.1) is 27.2 Å². The van der Waals surface area contributed by atoms with Crippen LogP contribution in [0.15, 0.2) is 0 Å². The van der Waals surface area contributed by atoms with E-state index in [2.05, 4.69) is 20.8 Å². The Morgan fingerprint density at radius 1 is 1.13 bits per heavy atom. The Morgan fingerprint density at radius 3 is 1.87 bits per heavy atom. The van der Waals surface area contributed by atoms with Crippen molar-refractivity contribution in [1.82, 2.24) is 0 Å². The summed E-state index contributed by atoms with van der Waals surface area (Å²) in [5, 5.41) is -0.880. The molecule has 86 valence electrons. The minimum atomic E-state index is -3.05. The Morgan fingerprint density at radius 2 is 1.53 bits per heavy atom. The average molecular weight is 306 g/mol. The SMILES string of the molecule is [CH2-]C([CH2-])S(=O)(=O)C1CCC(C)CC1.[CH3-].[Y+3]. The smallest absolute Gasteiger partial charge is 0.358 e. The van der Waals surface area contributed by atoms with Crippen molar-refractivity contribution in [3.8, 4) is 0 Å². The van der Waals surface area contributed by atoms with Crippen LogP contribution in [0.25, 0.3) is 0 Å². The molecule has 0 spiro atoms. The van der Waals surface area contributed by atoms with E-state index >= 15 is 0 Å². The average Bonchev–Trinajstić information content (AvgIpc) is 2.04. The van der Waals surface area contributed by atoms with Gasteiger partial charge in [0.15, 0.2) is 0 Å². The monoisotopic (exact) mass is 306 g/mol. The van der Waals surface area contributed by atoms with Crippen molar-refractivity contribution in [3.05, 3.63) is 21.3 Å². The fourth-order valence-corrected chi connectivity index (χ4v) is 3.30. The van der Waals surface area contributed by atoms with Crippen LogP contribution in [0.4, 0.5) is 0 Å². The maximum absolute atomic E-state index is 11.7. The fourth-order valence-electron chi connectivity index (χ4n) is 1.83. The summed E-state index contributed by atoms with van der Waals surface area (Å²) in [7, 11) is -3.05. The van der Waals surface area contributed by atoms with Crippen molar-refractivity contribution >= 4 is 9.84 Å². The van der Waals surface area contributed by atoms with Crippen LogP contribution in [-0.2, 0) is 42.5 Å². The van der Waals surface area contributed by atoms with Crippen LogP contribution in [0.5, 0.6) is 0 Å². The maximum Gasteiger partial charge on any atom is 3.00 e. The fraction of sp³-hybridized carbons (Fsp3) is 0.727. The predicted molar refractivity (Wildman–Crippen MR) is 61.3 cm³/mol. The molecule has 1 aliphatic rings. The second-order valence-corrected chi connectivity index (χ2v) is 6.60. The van der Waals surface area contributed by atoms with E-state index in [0.29, 0.717) is 5.92 Å². The summed E-state index contributed by atoms with van der Waals surface area (Å²) in [6.07, 6.45) is 3.64. The molecule has 0 aromatic carbocycles. The van der Waals surface area contributed by atoms with Crippen LogP contribution in [0.3, 0.4) is 0 Å². The van der Waals surface area contributed by atoms with Gasteiger partial charge < -0.3 is 21.3 Å². The zero-order valence-electron chi connectivity index (χ0n) is 9.78. The quantitative estimate of drug-likeness (QED) is 0.735. The summed E-state index contributed by atoms with van der Waals surface area (Å²) < 4.78 is 23.3. The summed E-state index contributed by atoms with van der Waals surface area (Å²) in [6, 6.07) is 0. The van der Waals surface area contributed by atoms with Crippen LogP contribution >= 0.6 is 0 Å². The molecule has 0 heterocycles. The normalized spacial score (nSPS) is 26.7. The van der Waals surface area contributed by atoms with Gasteiger partial charge in [0.1, 0.15) is 9.84 Å². The summed E-state index contributed by atoms with van der Waals surface area (Å²) in [5.74, 6) is 0.680. The summed E-state index contributed by atoms with van der Waals surface area (Å²) >= 11 is 0. The minimum Gasteiger partial charge on any atom is -0.358 e. The molecule has 15 heavy (non-hydrogen) atoms. The Bertz CT molecular complexity index is 252. The van der Waals surface area contributed by atoms with Crippen molar-refractivity contribution < 1.29 is 41.1 Å². The first-order valence-electron chi connectivity index (χ1n) is 4.83. The molecule has 1 fully saturated rings. The van der Waals surface area contributed by atoms with Gasteiger partial charge in [0.05, 0.1) is 5.25 Å². The second-order valence-electron chi connectivity index (χ2n) is 4.09. The van der Waals surface area contributed by atoms with Gasteiger partial charge in [-0.1, -0.05) is 6.92 Å².